The highest BCUT2D eigenvalue weighted by atomic mass is 127. The molecule has 0 atom stereocenters. The number of piperidine rings is 1. The number of nitrogens with zero attached hydrogens (tertiary/aromatic N) is 3. The number of amides is 1. The predicted molar refractivity (Wildman–Crippen MR) is 116 cm³/mol. The van der Waals surface area contributed by atoms with E-state index in [2.05, 4.69) is 27.6 Å². The minimum absolute atomic E-state index is 0.127. The standard InChI is InChI=1S/C20H23IN4O3/c1-20(2,3)28-19(27)24-8-6-12(7-9-24)16-11-17(26)22-18-14-10-13(21)4-5-15(14)23-25(16)18/h4-5,10-12H,6-9H2,1-3H3,(H,22,26). The molecule has 28 heavy (non-hydrogen) atoms. The summed E-state index contributed by atoms with van der Waals surface area (Å²) in [4.78, 5) is 29.3. The molecular weight excluding hydrogens is 471 g/mol. The number of H-pyrrole nitrogens is 1. The van der Waals surface area contributed by atoms with E-state index in [0.717, 1.165) is 38.7 Å². The van der Waals surface area contributed by atoms with Crippen LogP contribution in [-0.2, 0) is 4.74 Å². The fourth-order valence-corrected chi connectivity index (χ4v) is 4.18. The minimum Gasteiger partial charge on any atom is -0.444 e. The zero-order valence-electron chi connectivity index (χ0n) is 16.2. The Bertz CT molecular complexity index is 1100. The first-order chi connectivity index (χ1) is 13.2. The highest BCUT2D eigenvalue weighted by molar-refractivity contribution is 14.1. The van der Waals surface area contributed by atoms with Gasteiger partial charge in [-0.25, -0.2) is 9.31 Å². The van der Waals surface area contributed by atoms with E-state index in [1.165, 1.54) is 0 Å². The van der Waals surface area contributed by atoms with Gasteiger partial charge in [-0.15, -0.1) is 0 Å². The Morgan fingerprint density at radius 2 is 1.96 bits per heavy atom. The SMILES string of the molecule is CC(C)(C)OC(=O)N1CCC(c2cc(=O)[nH]c3c4cc(I)ccc4nn23)CC1. The number of likely N-dealkylation sites (tertiary alicyclic amines) is 1. The molecule has 1 fully saturated rings. The molecule has 1 saturated heterocycles. The topological polar surface area (TPSA) is 79.7 Å². The van der Waals surface area contributed by atoms with Gasteiger partial charge in [0.05, 0.1) is 11.2 Å². The third-order valence-corrected chi connectivity index (χ3v) is 5.63. The van der Waals surface area contributed by atoms with Gasteiger partial charge in [0.15, 0.2) is 0 Å². The van der Waals surface area contributed by atoms with Gasteiger partial charge in [-0.05, 0) is 74.4 Å². The van der Waals surface area contributed by atoms with Crippen molar-refractivity contribution in [1.82, 2.24) is 19.5 Å². The van der Waals surface area contributed by atoms with Crippen LogP contribution in [0.4, 0.5) is 4.79 Å². The monoisotopic (exact) mass is 494 g/mol. The number of carbonyl (C=O) groups is 1. The smallest absolute Gasteiger partial charge is 0.410 e. The van der Waals surface area contributed by atoms with E-state index in [9.17, 15) is 9.59 Å². The number of fused-ring (bicyclic) bond motifs is 3. The Kier molecular flexibility index (Phi) is 4.84. The van der Waals surface area contributed by atoms with Gasteiger partial charge in [-0.3, -0.25) is 4.79 Å². The van der Waals surface area contributed by atoms with Gasteiger partial charge >= 0.3 is 6.09 Å². The first-order valence-corrected chi connectivity index (χ1v) is 10.5. The molecule has 7 nitrogen and oxygen atoms in total. The van der Waals surface area contributed by atoms with Crippen molar-refractivity contribution < 1.29 is 9.53 Å². The highest BCUT2D eigenvalue weighted by Crippen LogP contribution is 2.30. The van der Waals surface area contributed by atoms with Crippen molar-refractivity contribution >= 4 is 45.2 Å². The van der Waals surface area contributed by atoms with E-state index < -0.39 is 5.60 Å². The van der Waals surface area contributed by atoms with E-state index in [1.807, 2.05) is 43.5 Å². The molecule has 0 radical (unpaired) electrons. The summed E-state index contributed by atoms with van der Waals surface area (Å²) in [6.45, 7) is 6.82. The Hall–Kier alpha value is -2.10. The first-order valence-electron chi connectivity index (χ1n) is 9.40. The van der Waals surface area contributed by atoms with Crippen molar-refractivity contribution in [1.29, 1.82) is 0 Å². The summed E-state index contributed by atoms with van der Waals surface area (Å²) in [7, 11) is 0. The van der Waals surface area contributed by atoms with Crippen LogP contribution in [0.5, 0.6) is 0 Å². The molecule has 1 aliphatic heterocycles. The summed E-state index contributed by atoms with van der Waals surface area (Å²) in [5.41, 5.74) is 1.85. The van der Waals surface area contributed by atoms with Crippen LogP contribution in [0, 0.1) is 3.57 Å². The molecule has 2 aromatic heterocycles. The second-order valence-electron chi connectivity index (χ2n) is 8.22. The molecule has 1 aromatic carbocycles. The summed E-state index contributed by atoms with van der Waals surface area (Å²) in [5, 5.41) is 5.65. The average Bonchev–Trinajstić information content (AvgIpc) is 2.97. The van der Waals surface area contributed by atoms with E-state index in [-0.39, 0.29) is 17.6 Å². The fraction of sp³-hybridized carbons (Fsp3) is 0.450. The number of carbonyl (C=O) groups excluding carboxylic acids is 1. The molecule has 1 aliphatic rings. The molecule has 0 saturated carbocycles. The average molecular weight is 494 g/mol. The molecule has 4 rings (SSSR count). The summed E-state index contributed by atoms with van der Waals surface area (Å²) in [5.74, 6) is 0.164. The van der Waals surface area contributed by atoms with Crippen LogP contribution >= 0.6 is 22.6 Å². The fourth-order valence-electron chi connectivity index (χ4n) is 3.69. The van der Waals surface area contributed by atoms with Crippen LogP contribution in [-0.4, -0.2) is 44.3 Å². The second-order valence-corrected chi connectivity index (χ2v) is 9.47. The molecule has 0 unspecified atom stereocenters. The molecule has 0 spiro atoms. The van der Waals surface area contributed by atoms with E-state index in [0.29, 0.717) is 13.1 Å². The van der Waals surface area contributed by atoms with Crippen molar-refractivity contribution in [3.05, 3.63) is 43.9 Å². The maximum absolute atomic E-state index is 12.3. The van der Waals surface area contributed by atoms with Crippen molar-refractivity contribution in [2.75, 3.05) is 13.1 Å². The van der Waals surface area contributed by atoms with E-state index in [1.54, 1.807) is 11.0 Å². The molecule has 0 bridgehead atoms. The maximum atomic E-state index is 12.3. The van der Waals surface area contributed by atoms with Gasteiger partial charge in [-0.1, -0.05) is 0 Å². The second kappa shape index (κ2) is 7.06. The largest absolute Gasteiger partial charge is 0.444 e. The van der Waals surface area contributed by atoms with Gasteiger partial charge in [0.2, 0.25) is 0 Å². The number of nitrogens with one attached hydrogen (secondary N) is 1. The van der Waals surface area contributed by atoms with Gasteiger partial charge < -0.3 is 14.6 Å². The number of aromatic nitrogens is 3. The number of rotatable bonds is 1. The molecule has 148 valence electrons. The molecule has 1 amide bonds. The molecule has 1 N–H and O–H groups in total. The highest BCUT2D eigenvalue weighted by Gasteiger charge is 2.29. The zero-order valence-corrected chi connectivity index (χ0v) is 18.3. The van der Waals surface area contributed by atoms with Crippen LogP contribution in [0.3, 0.4) is 0 Å². The van der Waals surface area contributed by atoms with E-state index >= 15 is 0 Å². The van der Waals surface area contributed by atoms with Crippen LogP contribution in [0.15, 0.2) is 29.1 Å². The summed E-state index contributed by atoms with van der Waals surface area (Å²) < 4.78 is 8.42. The van der Waals surface area contributed by atoms with Gasteiger partial charge in [0.1, 0.15) is 11.2 Å². The maximum Gasteiger partial charge on any atom is 0.410 e. The Morgan fingerprint density at radius 1 is 1.25 bits per heavy atom. The van der Waals surface area contributed by atoms with Crippen molar-refractivity contribution in [2.45, 2.75) is 45.1 Å². The number of hydrogen-bond acceptors (Lipinski definition) is 4. The third-order valence-electron chi connectivity index (χ3n) is 4.96. The van der Waals surface area contributed by atoms with E-state index in [4.69, 9.17) is 9.84 Å². The normalized spacial score (nSPS) is 16.1. The number of hydrogen-bond donors (Lipinski definition) is 1. The lowest BCUT2D eigenvalue weighted by molar-refractivity contribution is 0.0203. The summed E-state index contributed by atoms with van der Waals surface area (Å²) >= 11 is 2.26. The van der Waals surface area contributed by atoms with Gasteiger partial charge in [0.25, 0.3) is 5.56 Å². The first kappa shape index (κ1) is 19.2. The molecule has 3 aromatic rings. The zero-order chi connectivity index (χ0) is 20.1. The number of ether oxygens (including phenoxy) is 1. The lowest BCUT2D eigenvalue weighted by atomic mass is 9.93. The lowest BCUT2D eigenvalue weighted by Gasteiger charge is -2.33. The summed E-state index contributed by atoms with van der Waals surface area (Å²) in [6.07, 6.45) is 1.26. The Morgan fingerprint density at radius 3 is 2.64 bits per heavy atom. The van der Waals surface area contributed by atoms with Crippen molar-refractivity contribution in [2.24, 2.45) is 0 Å². The van der Waals surface area contributed by atoms with Crippen LogP contribution in [0.1, 0.15) is 45.2 Å². The van der Waals surface area contributed by atoms with Crippen molar-refractivity contribution in [3.63, 3.8) is 0 Å². The molecule has 8 heteroatoms. The third kappa shape index (κ3) is 3.74. The van der Waals surface area contributed by atoms with Gasteiger partial charge in [0, 0.05) is 34.0 Å². The van der Waals surface area contributed by atoms with Crippen molar-refractivity contribution in [3.8, 4) is 0 Å². The number of benzene rings is 1. The number of aromatic amines is 1. The Labute approximate surface area is 176 Å². The van der Waals surface area contributed by atoms with Crippen LogP contribution in [0.25, 0.3) is 16.6 Å². The molecule has 0 aliphatic carbocycles. The summed E-state index contributed by atoms with van der Waals surface area (Å²) in [6, 6.07) is 7.64. The lowest BCUT2D eigenvalue weighted by Crippen LogP contribution is -2.41. The van der Waals surface area contributed by atoms with Crippen LogP contribution < -0.4 is 5.56 Å². The number of halogens is 1. The minimum atomic E-state index is -0.500. The van der Waals surface area contributed by atoms with Gasteiger partial charge in [-0.2, -0.15) is 5.10 Å². The van der Waals surface area contributed by atoms with Crippen LogP contribution in [0.2, 0.25) is 0 Å². The molecular formula is C20H23IN4O3. The Balaban J connectivity index is 1.63. The molecule has 3 heterocycles. The predicted octanol–water partition coefficient (Wildman–Crippen LogP) is 3.89. The quantitative estimate of drug-likeness (QED) is 0.521.